The fourth-order valence-corrected chi connectivity index (χ4v) is 4.95. The highest BCUT2D eigenvalue weighted by atomic mass is 32.1. The topological polar surface area (TPSA) is 122 Å². The van der Waals surface area contributed by atoms with E-state index in [2.05, 4.69) is 15.5 Å². The van der Waals surface area contributed by atoms with Crippen LogP contribution in [0.25, 0.3) is 0 Å². The zero-order valence-electron chi connectivity index (χ0n) is 19.0. The van der Waals surface area contributed by atoms with Gasteiger partial charge in [-0.2, -0.15) is 0 Å². The first-order chi connectivity index (χ1) is 16.9. The highest BCUT2D eigenvalue weighted by Crippen LogP contribution is 2.34. The number of aryl methyl sites for hydroxylation is 1. The monoisotopic (exact) mass is 491 g/mol. The van der Waals surface area contributed by atoms with Crippen LogP contribution in [-0.2, 0) is 16.1 Å². The molecule has 1 aromatic heterocycles. The summed E-state index contributed by atoms with van der Waals surface area (Å²) in [5.41, 5.74) is 2.32. The molecule has 1 N–H and O–H groups in total. The normalized spacial score (nSPS) is 17.2. The van der Waals surface area contributed by atoms with Crippen LogP contribution in [0, 0.1) is 12.8 Å². The number of anilines is 2. The van der Waals surface area contributed by atoms with Crippen LogP contribution < -0.4 is 15.0 Å². The van der Waals surface area contributed by atoms with Crippen molar-refractivity contribution in [2.24, 2.45) is 5.92 Å². The molecule has 5 rings (SSSR count). The Morgan fingerprint density at radius 3 is 2.51 bits per heavy atom. The molecule has 0 saturated carbocycles. The first-order valence-corrected chi connectivity index (χ1v) is 11.7. The van der Waals surface area contributed by atoms with Gasteiger partial charge in [-0.25, -0.2) is 0 Å². The number of hydrogen-bond donors (Lipinski definition) is 1. The third-order valence-electron chi connectivity index (χ3n) is 5.99. The van der Waals surface area contributed by atoms with Gasteiger partial charge in [-0.1, -0.05) is 29.5 Å². The molecule has 1 saturated heterocycles. The molecule has 4 amide bonds. The highest BCUT2D eigenvalue weighted by molar-refractivity contribution is 7.15. The lowest BCUT2D eigenvalue weighted by Gasteiger charge is -2.20. The van der Waals surface area contributed by atoms with Gasteiger partial charge in [0.05, 0.1) is 36.4 Å². The summed E-state index contributed by atoms with van der Waals surface area (Å²) in [6.45, 7) is 2.09. The van der Waals surface area contributed by atoms with E-state index >= 15 is 0 Å². The number of carbonyl (C=O) groups is 4. The average molecular weight is 492 g/mol. The Balaban J connectivity index is 1.24. The van der Waals surface area contributed by atoms with Crippen molar-refractivity contribution in [1.29, 1.82) is 0 Å². The molecule has 1 atom stereocenters. The van der Waals surface area contributed by atoms with Crippen molar-refractivity contribution in [1.82, 2.24) is 15.1 Å². The summed E-state index contributed by atoms with van der Waals surface area (Å²) in [5, 5.41) is 11.3. The molecule has 3 heterocycles. The van der Waals surface area contributed by atoms with E-state index in [0.717, 1.165) is 21.8 Å². The van der Waals surface area contributed by atoms with Gasteiger partial charge in [-0.15, -0.1) is 10.2 Å². The molecule has 178 valence electrons. The van der Waals surface area contributed by atoms with E-state index in [1.807, 2.05) is 19.1 Å². The molecule has 2 aliphatic rings. The van der Waals surface area contributed by atoms with Crippen LogP contribution in [0.4, 0.5) is 10.8 Å². The van der Waals surface area contributed by atoms with Crippen molar-refractivity contribution >= 4 is 45.8 Å². The maximum Gasteiger partial charge on any atom is 0.261 e. The van der Waals surface area contributed by atoms with Gasteiger partial charge >= 0.3 is 0 Å². The molecule has 0 spiro atoms. The number of carbonyl (C=O) groups excluding carboxylic acids is 4. The van der Waals surface area contributed by atoms with E-state index in [4.69, 9.17) is 4.74 Å². The molecule has 1 fully saturated rings. The van der Waals surface area contributed by atoms with Crippen LogP contribution in [0.3, 0.4) is 0 Å². The van der Waals surface area contributed by atoms with Crippen molar-refractivity contribution in [2.75, 3.05) is 23.9 Å². The number of rotatable bonds is 6. The SMILES string of the molecule is COc1ccc(C)cc1N1CC(C(=O)Nc2nnc(CN3C(=O)c4ccccc4C3=O)s2)CC1=O. The van der Waals surface area contributed by atoms with Gasteiger partial charge in [0.15, 0.2) is 0 Å². The zero-order valence-corrected chi connectivity index (χ0v) is 19.8. The third kappa shape index (κ3) is 4.14. The number of benzene rings is 2. The van der Waals surface area contributed by atoms with Gasteiger partial charge in [0.1, 0.15) is 10.8 Å². The summed E-state index contributed by atoms with van der Waals surface area (Å²) in [6.07, 6.45) is 0.0592. The third-order valence-corrected chi connectivity index (χ3v) is 6.81. The van der Waals surface area contributed by atoms with Crippen LogP contribution in [0.15, 0.2) is 42.5 Å². The quantitative estimate of drug-likeness (QED) is 0.526. The molecule has 0 aliphatic carbocycles. The van der Waals surface area contributed by atoms with Crippen molar-refractivity contribution < 1.29 is 23.9 Å². The Hall–Kier alpha value is -4.12. The Bertz CT molecular complexity index is 1330. The number of nitrogens with one attached hydrogen (secondary N) is 1. The minimum Gasteiger partial charge on any atom is -0.495 e. The highest BCUT2D eigenvalue weighted by Gasteiger charge is 2.38. The second-order valence-electron chi connectivity index (χ2n) is 8.31. The second-order valence-corrected chi connectivity index (χ2v) is 9.38. The molecule has 2 aromatic carbocycles. The predicted octanol–water partition coefficient (Wildman–Crippen LogP) is 2.64. The molecular weight excluding hydrogens is 470 g/mol. The number of hydrogen-bond acceptors (Lipinski definition) is 8. The van der Waals surface area contributed by atoms with Gasteiger partial charge < -0.3 is 15.0 Å². The summed E-state index contributed by atoms with van der Waals surface area (Å²) in [6, 6.07) is 12.2. The van der Waals surface area contributed by atoms with Crippen molar-refractivity contribution in [3.63, 3.8) is 0 Å². The standard InChI is InChI=1S/C24H21N5O5S/c1-13-7-8-18(34-2)17(9-13)28-11-14(10-20(28)30)21(31)25-24-27-26-19(35-24)12-29-22(32)15-5-3-4-6-16(15)23(29)33/h3-9,14H,10-12H2,1-2H3,(H,25,27,31). The van der Waals surface area contributed by atoms with E-state index in [-0.39, 0.29) is 48.3 Å². The van der Waals surface area contributed by atoms with E-state index in [9.17, 15) is 19.2 Å². The number of methoxy groups -OCH3 is 1. The molecule has 1 unspecified atom stereocenters. The number of ether oxygens (including phenoxy) is 1. The summed E-state index contributed by atoms with van der Waals surface area (Å²) >= 11 is 1.08. The van der Waals surface area contributed by atoms with Gasteiger partial charge in [-0.3, -0.25) is 24.1 Å². The lowest BCUT2D eigenvalue weighted by Crippen LogP contribution is -2.29. The number of imide groups is 1. The Morgan fingerprint density at radius 1 is 1.11 bits per heavy atom. The minimum atomic E-state index is -0.573. The zero-order chi connectivity index (χ0) is 24.7. The fourth-order valence-electron chi connectivity index (χ4n) is 4.22. The van der Waals surface area contributed by atoms with Crippen LogP contribution in [-0.4, -0.2) is 52.4 Å². The number of amides is 4. The molecule has 3 aromatic rings. The summed E-state index contributed by atoms with van der Waals surface area (Å²) in [4.78, 5) is 53.3. The molecule has 0 bridgehead atoms. The largest absolute Gasteiger partial charge is 0.495 e. The smallest absolute Gasteiger partial charge is 0.261 e. The minimum absolute atomic E-state index is 0.0390. The van der Waals surface area contributed by atoms with E-state index < -0.39 is 5.92 Å². The summed E-state index contributed by atoms with van der Waals surface area (Å²) in [7, 11) is 1.54. The van der Waals surface area contributed by atoms with Crippen molar-refractivity contribution in [3.8, 4) is 5.75 Å². The Morgan fingerprint density at radius 2 is 1.83 bits per heavy atom. The van der Waals surface area contributed by atoms with Crippen LogP contribution >= 0.6 is 11.3 Å². The predicted molar refractivity (Wildman–Crippen MR) is 127 cm³/mol. The van der Waals surface area contributed by atoms with Crippen molar-refractivity contribution in [2.45, 2.75) is 19.9 Å². The summed E-state index contributed by atoms with van der Waals surface area (Å²) < 4.78 is 5.38. The van der Waals surface area contributed by atoms with E-state index in [1.54, 1.807) is 35.2 Å². The number of fused-ring (bicyclic) bond motifs is 1. The Labute approximate surface area is 204 Å². The lowest BCUT2D eigenvalue weighted by molar-refractivity contribution is -0.122. The first-order valence-electron chi connectivity index (χ1n) is 10.9. The maximum atomic E-state index is 12.9. The van der Waals surface area contributed by atoms with Crippen molar-refractivity contribution in [3.05, 3.63) is 64.2 Å². The van der Waals surface area contributed by atoms with Gasteiger partial charge in [-0.05, 0) is 36.8 Å². The van der Waals surface area contributed by atoms with Crippen LogP contribution in [0.1, 0.15) is 37.7 Å². The first kappa shape index (κ1) is 22.7. The van der Waals surface area contributed by atoms with Gasteiger partial charge in [0.25, 0.3) is 11.8 Å². The maximum absolute atomic E-state index is 12.9. The van der Waals surface area contributed by atoms with E-state index in [0.29, 0.717) is 27.6 Å². The molecule has 35 heavy (non-hydrogen) atoms. The van der Waals surface area contributed by atoms with Crippen LogP contribution in [0.5, 0.6) is 5.75 Å². The van der Waals surface area contributed by atoms with Crippen LogP contribution in [0.2, 0.25) is 0 Å². The Kier molecular flexibility index (Phi) is 5.77. The lowest BCUT2D eigenvalue weighted by atomic mass is 10.1. The summed E-state index contributed by atoms with van der Waals surface area (Å²) in [5.74, 6) is -1.30. The molecular formula is C24H21N5O5S. The fraction of sp³-hybridized carbons (Fsp3) is 0.250. The van der Waals surface area contributed by atoms with E-state index in [1.165, 1.54) is 7.11 Å². The van der Waals surface area contributed by atoms with Gasteiger partial charge in [0, 0.05) is 13.0 Å². The molecule has 11 heteroatoms. The van der Waals surface area contributed by atoms with Gasteiger partial charge in [0.2, 0.25) is 16.9 Å². The molecule has 2 aliphatic heterocycles. The molecule has 10 nitrogen and oxygen atoms in total. The number of aromatic nitrogens is 2. The second kappa shape index (κ2) is 8.91. The average Bonchev–Trinajstić information content (AvgIpc) is 3.53. The molecule has 0 radical (unpaired) electrons. The number of nitrogens with zero attached hydrogens (tertiary/aromatic N) is 4.